The number of nitrogens with zero attached hydrogens (tertiary/aromatic N) is 1. The molecule has 0 bridgehead atoms. The first-order valence-electron chi connectivity index (χ1n) is 7.59. The van der Waals surface area contributed by atoms with Gasteiger partial charge in [0.2, 0.25) is 10.0 Å². The van der Waals surface area contributed by atoms with E-state index in [0.717, 1.165) is 5.56 Å². The first-order valence-corrected chi connectivity index (χ1v) is 9.03. The maximum absolute atomic E-state index is 12.9. The van der Waals surface area contributed by atoms with Gasteiger partial charge >= 0.3 is 0 Å². The van der Waals surface area contributed by atoms with Crippen LogP contribution >= 0.6 is 0 Å². The number of benzene rings is 1. The molecule has 2 aliphatic heterocycles. The molecule has 7 nitrogen and oxygen atoms in total. The van der Waals surface area contributed by atoms with E-state index in [4.69, 9.17) is 4.74 Å². The van der Waals surface area contributed by atoms with E-state index in [9.17, 15) is 18.3 Å². The highest BCUT2D eigenvalue weighted by Crippen LogP contribution is 2.25. The molecular weight excluding hydrogens is 320 g/mol. The third kappa shape index (κ3) is 2.99. The van der Waals surface area contributed by atoms with Crippen molar-refractivity contribution in [3.05, 3.63) is 29.3 Å². The fourth-order valence-corrected chi connectivity index (χ4v) is 4.60. The molecule has 126 valence electrons. The van der Waals surface area contributed by atoms with Gasteiger partial charge in [-0.05, 0) is 31.0 Å². The molecule has 3 rings (SSSR count). The summed E-state index contributed by atoms with van der Waals surface area (Å²) >= 11 is 0. The average molecular weight is 340 g/mol. The summed E-state index contributed by atoms with van der Waals surface area (Å²) in [5.41, 5.74) is 1.27. The molecule has 2 heterocycles. The Morgan fingerprint density at radius 3 is 2.96 bits per heavy atom. The van der Waals surface area contributed by atoms with Crippen molar-refractivity contribution in [1.29, 1.82) is 0 Å². The minimum Gasteiger partial charge on any atom is -0.394 e. The predicted molar refractivity (Wildman–Crippen MR) is 82.7 cm³/mol. The molecule has 8 heteroatoms. The van der Waals surface area contributed by atoms with Crippen LogP contribution in [-0.4, -0.2) is 62.2 Å². The van der Waals surface area contributed by atoms with Crippen LogP contribution < -0.4 is 5.32 Å². The highest BCUT2D eigenvalue weighted by molar-refractivity contribution is 7.89. The Balaban J connectivity index is 1.96. The molecule has 0 saturated carbocycles. The van der Waals surface area contributed by atoms with Crippen molar-refractivity contribution in [2.75, 3.05) is 26.3 Å². The molecule has 0 aromatic heterocycles. The van der Waals surface area contributed by atoms with Crippen LogP contribution in [0.3, 0.4) is 0 Å². The third-order valence-corrected chi connectivity index (χ3v) is 6.24. The average Bonchev–Trinajstić information content (AvgIpc) is 2.55. The number of nitrogens with one attached hydrogen (secondary N) is 1. The second-order valence-corrected chi connectivity index (χ2v) is 7.78. The minimum absolute atomic E-state index is 0.0961. The number of aliphatic hydroxyl groups is 1. The Hall–Kier alpha value is -1.48. The number of morpholine rings is 1. The second-order valence-electron chi connectivity index (χ2n) is 5.89. The Morgan fingerprint density at radius 1 is 1.43 bits per heavy atom. The van der Waals surface area contributed by atoms with Crippen molar-refractivity contribution in [3.8, 4) is 0 Å². The zero-order chi connectivity index (χ0) is 16.6. The maximum atomic E-state index is 12.9. The number of carbonyl (C=O) groups is 1. The van der Waals surface area contributed by atoms with E-state index >= 15 is 0 Å². The van der Waals surface area contributed by atoms with Crippen LogP contribution in [0.25, 0.3) is 0 Å². The number of carbonyl (C=O) groups excluding carboxylic acids is 1. The maximum Gasteiger partial charge on any atom is 0.251 e. The third-order valence-electron chi connectivity index (χ3n) is 4.26. The second kappa shape index (κ2) is 6.20. The monoisotopic (exact) mass is 340 g/mol. The fourth-order valence-electron chi connectivity index (χ4n) is 2.92. The molecule has 1 aromatic rings. The van der Waals surface area contributed by atoms with Gasteiger partial charge in [-0.1, -0.05) is 6.07 Å². The lowest BCUT2D eigenvalue weighted by Gasteiger charge is -2.36. The normalized spacial score (nSPS) is 25.7. The van der Waals surface area contributed by atoms with E-state index < -0.39 is 16.1 Å². The van der Waals surface area contributed by atoms with Crippen LogP contribution in [0.15, 0.2) is 23.1 Å². The largest absolute Gasteiger partial charge is 0.394 e. The molecule has 2 unspecified atom stereocenters. The number of amides is 1. The number of aliphatic hydroxyl groups excluding tert-OH is 1. The van der Waals surface area contributed by atoms with Gasteiger partial charge in [0.05, 0.1) is 24.2 Å². The first-order chi connectivity index (χ1) is 10.9. The van der Waals surface area contributed by atoms with Crippen molar-refractivity contribution in [3.63, 3.8) is 0 Å². The van der Waals surface area contributed by atoms with Gasteiger partial charge in [-0.3, -0.25) is 4.79 Å². The Labute approximate surface area is 135 Å². The molecule has 0 spiro atoms. The van der Waals surface area contributed by atoms with E-state index in [2.05, 4.69) is 5.32 Å². The summed E-state index contributed by atoms with van der Waals surface area (Å²) in [6.45, 7) is 2.43. The van der Waals surface area contributed by atoms with E-state index in [1.54, 1.807) is 19.1 Å². The van der Waals surface area contributed by atoms with Crippen molar-refractivity contribution in [2.24, 2.45) is 0 Å². The van der Waals surface area contributed by atoms with Gasteiger partial charge in [-0.25, -0.2) is 8.42 Å². The fraction of sp³-hybridized carbons (Fsp3) is 0.533. The summed E-state index contributed by atoms with van der Waals surface area (Å²) in [6, 6.07) is 4.36. The molecule has 1 amide bonds. The standard InChI is InChI=1S/C15H20N2O5S/c1-10-9-22-12(8-18)7-17(10)23(20,21)13-3-2-11-4-5-16-15(19)14(11)6-13/h2-3,6,10,12,18H,4-5,7-9H2,1H3,(H,16,19). The Morgan fingerprint density at radius 2 is 2.22 bits per heavy atom. The number of rotatable bonds is 3. The van der Waals surface area contributed by atoms with Crippen molar-refractivity contribution in [2.45, 2.75) is 30.4 Å². The molecule has 2 aliphatic rings. The molecule has 1 fully saturated rings. The zero-order valence-corrected chi connectivity index (χ0v) is 13.7. The van der Waals surface area contributed by atoms with Crippen LogP contribution in [0, 0.1) is 0 Å². The van der Waals surface area contributed by atoms with Crippen LogP contribution in [0.5, 0.6) is 0 Å². The van der Waals surface area contributed by atoms with Crippen LogP contribution in [-0.2, 0) is 21.2 Å². The molecule has 23 heavy (non-hydrogen) atoms. The highest BCUT2D eigenvalue weighted by Gasteiger charge is 2.36. The van der Waals surface area contributed by atoms with Gasteiger partial charge in [0.1, 0.15) is 0 Å². The molecule has 2 N–H and O–H groups in total. The molecule has 2 atom stereocenters. The summed E-state index contributed by atoms with van der Waals surface area (Å²) in [5.74, 6) is -0.244. The van der Waals surface area contributed by atoms with E-state index in [0.29, 0.717) is 18.5 Å². The van der Waals surface area contributed by atoms with Gasteiger partial charge in [0, 0.05) is 24.7 Å². The van der Waals surface area contributed by atoms with Gasteiger partial charge in [-0.15, -0.1) is 0 Å². The molecule has 1 saturated heterocycles. The number of hydrogen-bond acceptors (Lipinski definition) is 5. The number of fused-ring (bicyclic) bond motifs is 1. The quantitative estimate of drug-likeness (QED) is 0.791. The highest BCUT2D eigenvalue weighted by atomic mass is 32.2. The predicted octanol–water partition coefficient (Wildman–Crippen LogP) is -0.257. The van der Waals surface area contributed by atoms with Crippen LogP contribution in [0.1, 0.15) is 22.8 Å². The molecule has 0 radical (unpaired) electrons. The van der Waals surface area contributed by atoms with Gasteiger partial charge in [0.15, 0.2) is 0 Å². The number of ether oxygens (including phenoxy) is 1. The summed E-state index contributed by atoms with van der Waals surface area (Å²) < 4.78 is 32.5. The van der Waals surface area contributed by atoms with E-state index in [-0.39, 0.29) is 36.6 Å². The van der Waals surface area contributed by atoms with Gasteiger partial charge < -0.3 is 15.2 Å². The topological polar surface area (TPSA) is 95.9 Å². The van der Waals surface area contributed by atoms with Crippen molar-refractivity contribution >= 4 is 15.9 Å². The van der Waals surface area contributed by atoms with Crippen molar-refractivity contribution < 1.29 is 23.1 Å². The van der Waals surface area contributed by atoms with Crippen LogP contribution in [0.2, 0.25) is 0 Å². The van der Waals surface area contributed by atoms with Gasteiger partial charge in [-0.2, -0.15) is 4.31 Å². The summed E-state index contributed by atoms with van der Waals surface area (Å²) in [7, 11) is -3.75. The number of sulfonamides is 1. The summed E-state index contributed by atoms with van der Waals surface area (Å²) in [6.07, 6.45) is 0.170. The SMILES string of the molecule is CC1COC(CO)CN1S(=O)(=O)c1ccc2c(c1)C(=O)NCC2. The minimum atomic E-state index is -3.75. The lowest BCUT2D eigenvalue weighted by molar-refractivity contribution is -0.0516. The molecular formula is C15H20N2O5S. The summed E-state index contributed by atoms with van der Waals surface area (Å²) in [4.78, 5) is 12.0. The zero-order valence-electron chi connectivity index (χ0n) is 12.9. The summed E-state index contributed by atoms with van der Waals surface area (Å²) in [5, 5.41) is 11.9. The van der Waals surface area contributed by atoms with Gasteiger partial charge in [0.25, 0.3) is 5.91 Å². The number of hydrogen-bond donors (Lipinski definition) is 2. The lowest BCUT2D eigenvalue weighted by Crippen LogP contribution is -2.51. The molecule has 1 aromatic carbocycles. The van der Waals surface area contributed by atoms with Crippen molar-refractivity contribution in [1.82, 2.24) is 9.62 Å². The Bertz CT molecular complexity index is 719. The Kier molecular flexibility index (Phi) is 4.41. The lowest BCUT2D eigenvalue weighted by atomic mass is 10.0. The molecule has 0 aliphatic carbocycles. The van der Waals surface area contributed by atoms with Crippen LogP contribution in [0.4, 0.5) is 0 Å². The van der Waals surface area contributed by atoms with E-state index in [1.165, 1.54) is 10.4 Å². The van der Waals surface area contributed by atoms with E-state index in [1.807, 2.05) is 0 Å². The first kappa shape index (κ1) is 16.4. The smallest absolute Gasteiger partial charge is 0.251 e.